The number of hydrogen-bond donors (Lipinski definition) is 1. The van der Waals surface area contributed by atoms with Crippen molar-refractivity contribution < 1.29 is 4.39 Å². The van der Waals surface area contributed by atoms with E-state index >= 15 is 0 Å². The molecule has 0 fully saturated rings. The van der Waals surface area contributed by atoms with Crippen molar-refractivity contribution in [2.75, 3.05) is 11.6 Å². The van der Waals surface area contributed by atoms with E-state index in [4.69, 9.17) is 0 Å². The molecule has 5 heteroatoms. The molecule has 1 N–H and O–H groups in total. The first-order valence-corrected chi connectivity index (χ1v) is 7.47. The van der Waals surface area contributed by atoms with E-state index in [1.54, 1.807) is 18.2 Å². The number of nitrogens with zero attached hydrogens (tertiary/aromatic N) is 1. The molecule has 0 unspecified atom stereocenters. The average molecular weight is 337 g/mol. The largest absolute Gasteiger partial charge is 0.351 e. The first-order valence-electron chi connectivity index (χ1n) is 5.45. The molecule has 2 nitrogen and oxygen atoms in total. The van der Waals surface area contributed by atoms with Gasteiger partial charge in [0.2, 0.25) is 0 Å². The number of para-hydroxylation sites is 1. The Bertz CT molecular complexity index is 632. The fraction of sp³-hybridized carbons (Fsp3) is 0.0714. The van der Waals surface area contributed by atoms with Gasteiger partial charge in [-0.2, -0.15) is 5.26 Å². The lowest BCUT2D eigenvalue weighted by molar-refractivity contribution is 0.631. The molecule has 0 aliphatic rings. The second-order valence-corrected chi connectivity index (χ2v) is 5.42. The van der Waals surface area contributed by atoms with Crippen molar-refractivity contribution in [2.45, 2.75) is 4.90 Å². The first kappa shape index (κ1) is 13.9. The molecular formula is C14H10BrFN2S. The minimum Gasteiger partial charge on any atom is -0.351 e. The predicted molar refractivity (Wildman–Crippen MR) is 80.3 cm³/mol. The fourth-order valence-electron chi connectivity index (χ4n) is 1.67. The summed E-state index contributed by atoms with van der Waals surface area (Å²) in [5, 5.41) is 12.2. The molecule has 0 saturated heterocycles. The van der Waals surface area contributed by atoms with Crippen molar-refractivity contribution in [1.29, 1.82) is 5.26 Å². The van der Waals surface area contributed by atoms with Gasteiger partial charge in [-0.05, 0) is 46.5 Å². The van der Waals surface area contributed by atoms with Gasteiger partial charge in [0.05, 0.1) is 16.9 Å². The zero-order chi connectivity index (χ0) is 13.8. The van der Waals surface area contributed by atoms with Crippen molar-refractivity contribution in [3.8, 4) is 6.07 Å². The van der Waals surface area contributed by atoms with Crippen LogP contribution >= 0.6 is 27.7 Å². The maximum Gasteiger partial charge on any atom is 0.147 e. The lowest BCUT2D eigenvalue weighted by atomic mass is 10.2. The van der Waals surface area contributed by atoms with E-state index in [9.17, 15) is 9.65 Å². The van der Waals surface area contributed by atoms with Gasteiger partial charge in [0.1, 0.15) is 11.9 Å². The summed E-state index contributed by atoms with van der Waals surface area (Å²) in [6, 6.07) is 12.4. The highest BCUT2D eigenvalue weighted by molar-refractivity contribution is 9.10. The standard InChI is InChI=1S/C14H10BrFN2S/c1-19-13-7-3-6-12(9(13)8-17)18-14-10(15)4-2-5-11(14)16/h2-7,18H,1H3. The Morgan fingerprint density at radius 3 is 2.63 bits per heavy atom. The van der Waals surface area contributed by atoms with Crippen LogP contribution in [-0.2, 0) is 0 Å². The molecule has 2 rings (SSSR count). The molecule has 19 heavy (non-hydrogen) atoms. The topological polar surface area (TPSA) is 35.8 Å². The molecule has 0 radical (unpaired) electrons. The third-order valence-electron chi connectivity index (χ3n) is 2.58. The van der Waals surface area contributed by atoms with Gasteiger partial charge in [-0.25, -0.2) is 4.39 Å². The molecule has 0 aromatic heterocycles. The first-order chi connectivity index (χ1) is 9.17. The average Bonchev–Trinajstić information content (AvgIpc) is 2.42. The monoisotopic (exact) mass is 336 g/mol. The molecule has 0 heterocycles. The van der Waals surface area contributed by atoms with Crippen molar-refractivity contribution in [3.05, 3.63) is 52.3 Å². The molecule has 0 aliphatic carbocycles. The SMILES string of the molecule is CSc1cccc(Nc2c(F)cccc2Br)c1C#N. The Morgan fingerprint density at radius 1 is 1.26 bits per heavy atom. The maximum absolute atomic E-state index is 13.8. The molecule has 2 aromatic rings. The van der Waals surface area contributed by atoms with Crippen molar-refractivity contribution in [1.82, 2.24) is 0 Å². The van der Waals surface area contributed by atoms with Crippen LogP contribution in [0.4, 0.5) is 15.8 Å². The number of hydrogen-bond acceptors (Lipinski definition) is 3. The van der Waals surface area contributed by atoms with E-state index in [1.807, 2.05) is 18.4 Å². The van der Waals surface area contributed by atoms with Crippen molar-refractivity contribution in [2.24, 2.45) is 0 Å². The zero-order valence-corrected chi connectivity index (χ0v) is 12.5. The molecule has 0 bridgehead atoms. The zero-order valence-electron chi connectivity index (χ0n) is 10.1. The minimum atomic E-state index is -0.368. The van der Waals surface area contributed by atoms with Gasteiger partial charge in [-0.1, -0.05) is 12.1 Å². The highest BCUT2D eigenvalue weighted by atomic mass is 79.9. The van der Waals surface area contributed by atoms with E-state index in [0.717, 1.165) is 4.90 Å². The van der Waals surface area contributed by atoms with Gasteiger partial charge >= 0.3 is 0 Å². The van der Waals surface area contributed by atoms with Crippen LogP contribution in [0.2, 0.25) is 0 Å². The van der Waals surface area contributed by atoms with Crippen LogP contribution in [0.1, 0.15) is 5.56 Å². The third kappa shape index (κ3) is 2.91. The summed E-state index contributed by atoms with van der Waals surface area (Å²) in [5.74, 6) is -0.368. The summed E-state index contributed by atoms with van der Waals surface area (Å²) >= 11 is 4.78. The fourth-order valence-corrected chi connectivity index (χ4v) is 2.69. The van der Waals surface area contributed by atoms with E-state index in [2.05, 4.69) is 27.3 Å². The van der Waals surface area contributed by atoms with Gasteiger partial charge in [-0.15, -0.1) is 11.8 Å². The molecule has 96 valence electrons. The Hall–Kier alpha value is -1.51. The van der Waals surface area contributed by atoms with Crippen LogP contribution in [0.15, 0.2) is 45.8 Å². The number of halogens is 2. The lowest BCUT2D eigenvalue weighted by Crippen LogP contribution is -1.98. The van der Waals surface area contributed by atoms with Gasteiger partial charge in [-0.3, -0.25) is 0 Å². The van der Waals surface area contributed by atoms with E-state index in [-0.39, 0.29) is 5.82 Å². The summed E-state index contributed by atoms with van der Waals surface area (Å²) in [6.07, 6.45) is 1.90. The maximum atomic E-state index is 13.8. The van der Waals surface area contributed by atoms with Gasteiger partial charge in [0, 0.05) is 9.37 Å². The van der Waals surface area contributed by atoms with Crippen LogP contribution in [0.25, 0.3) is 0 Å². The Balaban J connectivity index is 2.48. The molecular weight excluding hydrogens is 327 g/mol. The summed E-state index contributed by atoms with van der Waals surface area (Å²) < 4.78 is 14.4. The van der Waals surface area contributed by atoms with Gasteiger partial charge < -0.3 is 5.32 Å². The number of nitrogens with one attached hydrogen (secondary N) is 1. The number of benzene rings is 2. The Morgan fingerprint density at radius 2 is 2.00 bits per heavy atom. The van der Waals surface area contributed by atoms with E-state index in [0.29, 0.717) is 21.4 Å². The van der Waals surface area contributed by atoms with E-state index < -0.39 is 0 Å². The van der Waals surface area contributed by atoms with Gasteiger partial charge in [0.15, 0.2) is 0 Å². The molecule has 0 spiro atoms. The Kier molecular flexibility index (Phi) is 4.46. The van der Waals surface area contributed by atoms with Crippen LogP contribution in [-0.4, -0.2) is 6.26 Å². The normalized spacial score (nSPS) is 10.0. The molecule has 0 atom stereocenters. The molecule has 2 aromatic carbocycles. The summed E-state index contributed by atoms with van der Waals surface area (Å²) in [6.45, 7) is 0. The minimum absolute atomic E-state index is 0.331. The summed E-state index contributed by atoms with van der Waals surface area (Å²) in [7, 11) is 0. The van der Waals surface area contributed by atoms with Crippen LogP contribution in [0.5, 0.6) is 0 Å². The summed E-state index contributed by atoms with van der Waals surface area (Å²) in [5.41, 5.74) is 1.45. The third-order valence-corrected chi connectivity index (χ3v) is 4.02. The molecule has 0 saturated carbocycles. The summed E-state index contributed by atoms with van der Waals surface area (Å²) in [4.78, 5) is 0.861. The predicted octanol–water partition coefficient (Wildman–Crippen LogP) is 4.93. The number of nitriles is 1. The van der Waals surface area contributed by atoms with Crippen LogP contribution < -0.4 is 5.32 Å². The smallest absolute Gasteiger partial charge is 0.147 e. The van der Waals surface area contributed by atoms with Crippen molar-refractivity contribution in [3.63, 3.8) is 0 Å². The lowest BCUT2D eigenvalue weighted by Gasteiger charge is -2.12. The van der Waals surface area contributed by atoms with Crippen molar-refractivity contribution >= 4 is 39.1 Å². The highest BCUT2D eigenvalue weighted by Gasteiger charge is 2.11. The van der Waals surface area contributed by atoms with Gasteiger partial charge in [0.25, 0.3) is 0 Å². The second-order valence-electron chi connectivity index (χ2n) is 3.72. The van der Waals surface area contributed by atoms with Crippen LogP contribution in [0.3, 0.4) is 0 Å². The highest BCUT2D eigenvalue weighted by Crippen LogP contribution is 2.32. The van der Waals surface area contributed by atoms with E-state index in [1.165, 1.54) is 17.8 Å². The number of rotatable bonds is 3. The quantitative estimate of drug-likeness (QED) is 0.807. The second kappa shape index (κ2) is 6.09. The Labute approximate surface area is 123 Å². The number of thioether (sulfide) groups is 1. The molecule has 0 aliphatic heterocycles. The number of anilines is 2. The van der Waals surface area contributed by atoms with Crippen LogP contribution in [0, 0.1) is 17.1 Å². The molecule has 0 amide bonds.